The van der Waals surface area contributed by atoms with E-state index >= 15 is 0 Å². The lowest BCUT2D eigenvalue weighted by Gasteiger charge is -2.35. The van der Waals surface area contributed by atoms with E-state index in [9.17, 15) is 18.0 Å². The van der Waals surface area contributed by atoms with Crippen LogP contribution in [0.4, 0.5) is 30.2 Å². The van der Waals surface area contributed by atoms with Gasteiger partial charge in [0.1, 0.15) is 5.75 Å². The number of alkyl halides is 3. The Morgan fingerprint density at radius 1 is 1.15 bits per heavy atom. The molecular weight excluding hydrogens is 537 g/mol. The van der Waals surface area contributed by atoms with Crippen molar-refractivity contribution in [3.05, 3.63) is 71.2 Å². The number of hydrogen-bond donors (Lipinski definition) is 3. The van der Waals surface area contributed by atoms with Gasteiger partial charge in [0, 0.05) is 79.8 Å². The number of nitrogens with zero attached hydrogens (tertiary/aromatic N) is 5. The molecule has 0 spiro atoms. The molecule has 1 saturated heterocycles. The predicted molar refractivity (Wildman–Crippen MR) is 153 cm³/mol. The van der Waals surface area contributed by atoms with Gasteiger partial charge < -0.3 is 25.6 Å². The number of carbonyl (C=O) groups excluding carboxylic acids is 1. The molecule has 0 bridgehead atoms. The van der Waals surface area contributed by atoms with Gasteiger partial charge in [-0.25, -0.2) is 5.84 Å². The standard InChI is InChI=1S/C28H35F3N8O2/c1-5-37-8-10-38(11-9-37)22-13-21(14-23(15-22)41-28(29,30)31)35-27(40)20-7-6-18(2)26(12-20)39(33)17-25(32)24-16-34-36(4)19(24)3/h6-7,12-17H,5,8-11,32-33H2,1-4H3,(H,35,40)/b25-17-. The Balaban J connectivity index is 1.58. The number of hydrogen-bond acceptors (Lipinski definition) is 8. The van der Waals surface area contributed by atoms with Crippen molar-refractivity contribution in [3.63, 3.8) is 0 Å². The zero-order chi connectivity index (χ0) is 29.9. The van der Waals surface area contributed by atoms with E-state index in [1.807, 2.05) is 18.7 Å². The fraction of sp³-hybridized carbons (Fsp3) is 0.357. The molecule has 0 aliphatic carbocycles. The summed E-state index contributed by atoms with van der Waals surface area (Å²) in [5, 5.41) is 8.22. The second-order valence-electron chi connectivity index (χ2n) is 9.90. The number of benzene rings is 2. The molecule has 10 nitrogen and oxygen atoms in total. The molecule has 1 aliphatic heterocycles. The summed E-state index contributed by atoms with van der Waals surface area (Å²) in [6.45, 7) is 9.52. The van der Waals surface area contributed by atoms with Crippen molar-refractivity contribution >= 4 is 28.7 Å². The Hall–Kier alpha value is -4.23. The molecule has 1 amide bonds. The lowest BCUT2D eigenvalue weighted by Crippen LogP contribution is -2.46. The summed E-state index contributed by atoms with van der Waals surface area (Å²) in [6.07, 6.45) is -1.70. The minimum absolute atomic E-state index is 0.174. The number of anilines is 3. The van der Waals surface area contributed by atoms with E-state index in [-0.39, 0.29) is 11.3 Å². The normalized spacial score (nSPS) is 14.7. The lowest BCUT2D eigenvalue weighted by molar-refractivity contribution is -0.274. The second-order valence-corrected chi connectivity index (χ2v) is 9.90. The minimum atomic E-state index is -4.87. The number of carbonyl (C=O) groups is 1. The Kier molecular flexibility index (Phi) is 8.78. The number of nitrogens with one attached hydrogen (secondary N) is 1. The van der Waals surface area contributed by atoms with E-state index in [1.54, 1.807) is 42.2 Å². The van der Waals surface area contributed by atoms with Gasteiger partial charge in [0.15, 0.2) is 0 Å². The molecule has 2 heterocycles. The number of ether oxygens (including phenoxy) is 1. The van der Waals surface area contributed by atoms with Crippen LogP contribution in [-0.2, 0) is 7.05 Å². The topological polar surface area (TPSA) is 118 Å². The molecule has 41 heavy (non-hydrogen) atoms. The zero-order valence-corrected chi connectivity index (χ0v) is 23.5. The van der Waals surface area contributed by atoms with Crippen LogP contribution in [0.25, 0.3) is 5.70 Å². The monoisotopic (exact) mass is 572 g/mol. The summed E-state index contributed by atoms with van der Waals surface area (Å²) in [5.74, 6) is 5.37. The van der Waals surface area contributed by atoms with Gasteiger partial charge >= 0.3 is 6.36 Å². The molecule has 3 aromatic rings. The highest BCUT2D eigenvalue weighted by Crippen LogP contribution is 2.32. The Bertz CT molecular complexity index is 1430. The zero-order valence-electron chi connectivity index (χ0n) is 23.5. The highest BCUT2D eigenvalue weighted by atomic mass is 19.4. The maximum absolute atomic E-state index is 13.3. The minimum Gasteiger partial charge on any atom is -0.406 e. The van der Waals surface area contributed by atoms with Crippen molar-refractivity contribution in [2.45, 2.75) is 27.1 Å². The number of amides is 1. The summed E-state index contributed by atoms with van der Waals surface area (Å²) in [4.78, 5) is 17.5. The van der Waals surface area contributed by atoms with E-state index in [4.69, 9.17) is 11.6 Å². The van der Waals surface area contributed by atoms with E-state index in [0.29, 0.717) is 30.2 Å². The van der Waals surface area contributed by atoms with E-state index in [2.05, 4.69) is 27.0 Å². The predicted octanol–water partition coefficient (Wildman–Crippen LogP) is 3.97. The van der Waals surface area contributed by atoms with Crippen LogP contribution < -0.4 is 31.5 Å². The van der Waals surface area contributed by atoms with Crippen molar-refractivity contribution < 1.29 is 22.7 Å². The van der Waals surface area contributed by atoms with Crippen LogP contribution in [-0.4, -0.2) is 59.7 Å². The largest absolute Gasteiger partial charge is 0.573 e. The first-order chi connectivity index (χ1) is 19.3. The second kappa shape index (κ2) is 12.1. The molecule has 0 saturated carbocycles. The molecule has 4 rings (SSSR count). The van der Waals surface area contributed by atoms with Gasteiger partial charge in [0.25, 0.3) is 5.91 Å². The number of halogens is 3. The van der Waals surface area contributed by atoms with Gasteiger partial charge in [-0.2, -0.15) is 5.10 Å². The number of nitrogens with two attached hydrogens (primary N) is 2. The Labute approximate surface area is 236 Å². The van der Waals surface area contributed by atoms with Gasteiger partial charge in [-0.15, -0.1) is 13.2 Å². The van der Waals surface area contributed by atoms with E-state index < -0.39 is 18.0 Å². The van der Waals surface area contributed by atoms with Gasteiger partial charge in [0.05, 0.1) is 17.6 Å². The van der Waals surface area contributed by atoms with Crippen molar-refractivity contribution in [3.8, 4) is 5.75 Å². The summed E-state index contributed by atoms with van der Waals surface area (Å²) < 4.78 is 45.2. The first-order valence-electron chi connectivity index (χ1n) is 13.1. The number of piperazine rings is 1. The number of hydrazine groups is 1. The van der Waals surface area contributed by atoms with Crippen LogP contribution in [0.5, 0.6) is 5.75 Å². The van der Waals surface area contributed by atoms with Crippen molar-refractivity contribution in [1.29, 1.82) is 0 Å². The molecule has 0 atom stereocenters. The molecule has 5 N–H and O–H groups in total. The fourth-order valence-electron chi connectivity index (χ4n) is 4.66. The number of aromatic nitrogens is 2. The highest BCUT2D eigenvalue weighted by molar-refractivity contribution is 6.05. The fourth-order valence-corrected chi connectivity index (χ4v) is 4.66. The van der Waals surface area contributed by atoms with Gasteiger partial charge in [-0.1, -0.05) is 13.0 Å². The quantitative estimate of drug-likeness (QED) is 0.274. The molecule has 1 aliphatic rings. The summed E-state index contributed by atoms with van der Waals surface area (Å²) >= 11 is 0. The van der Waals surface area contributed by atoms with Gasteiger partial charge in [-0.05, 0) is 44.2 Å². The number of likely N-dealkylation sites (N-methyl/N-ethyl adjacent to an activating group) is 1. The Morgan fingerprint density at radius 3 is 2.46 bits per heavy atom. The smallest absolute Gasteiger partial charge is 0.406 e. The SMILES string of the molecule is CCN1CCN(c2cc(NC(=O)c3ccc(C)c(N(N)/C=C(\N)c4cnn(C)c4C)c3)cc(OC(F)(F)F)c2)CC1. The molecule has 13 heteroatoms. The summed E-state index contributed by atoms with van der Waals surface area (Å²) in [7, 11) is 1.80. The number of rotatable bonds is 8. The van der Waals surface area contributed by atoms with Crippen LogP contribution in [0, 0.1) is 13.8 Å². The molecule has 1 fully saturated rings. The maximum atomic E-state index is 13.3. The summed E-state index contributed by atoms with van der Waals surface area (Å²) in [6, 6.07) is 9.06. The van der Waals surface area contributed by atoms with Crippen LogP contribution in [0.2, 0.25) is 0 Å². The van der Waals surface area contributed by atoms with Gasteiger partial charge in [-0.3, -0.25) is 14.5 Å². The van der Waals surface area contributed by atoms with Crippen molar-refractivity contribution in [2.24, 2.45) is 18.6 Å². The van der Waals surface area contributed by atoms with E-state index in [0.717, 1.165) is 42.5 Å². The lowest BCUT2D eigenvalue weighted by atomic mass is 10.1. The van der Waals surface area contributed by atoms with Gasteiger partial charge in [0.2, 0.25) is 0 Å². The highest BCUT2D eigenvalue weighted by Gasteiger charge is 2.32. The third-order valence-electron chi connectivity index (χ3n) is 7.14. The molecule has 0 radical (unpaired) electrons. The third-order valence-corrected chi connectivity index (χ3v) is 7.14. The third kappa shape index (κ3) is 7.30. The van der Waals surface area contributed by atoms with Crippen molar-refractivity contribution in [2.75, 3.05) is 47.9 Å². The first kappa shape index (κ1) is 29.7. The van der Waals surface area contributed by atoms with Crippen LogP contribution in [0.1, 0.15) is 34.1 Å². The maximum Gasteiger partial charge on any atom is 0.573 e. The molecule has 1 aromatic heterocycles. The van der Waals surface area contributed by atoms with Crippen LogP contribution >= 0.6 is 0 Å². The van der Waals surface area contributed by atoms with Crippen LogP contribution in [0.3, 0.4) is 0 Å². The molecular formula is C28H35F3N8O2. The van der Waals surface area contributed by atoms with Crippen molar-refractivity contribution in [1.82, 2.24) is 14.7 Å². The average Bonchev–Trinajstić information content (AvgIpc) is 3.25. The Morgan fingerprint density at radius 2 is 1.85 bits per heavy atom. The molecule has 220 valence electrons. The molecule has 2 aromatic carbocycles. The molecule has 0 unspecified atom stereocenters. The van der Waals surface area contributed by atoms with E-state index in [1.165, 1.54) is 17.3 Å². The number of aryl methyl sites for hydroxylation is 2. The summed E-state index contributed by atoms with van der Waals surface area (Å²) in [5.41, 5.74) is 10.5. The van der Waals surface area contributed by atoms with Crippen LogP contribution in [0.15, 0.2) is 48.8 Å². The first-order valence-corrected chi connectivity index (χ1v) is 13.1. The average molecular weight is 573 g/mol.